The van der Waals surface area contributed by atoms with Crippen molar-refractivity contribution in [2.75, 3.05) is 13.1 Å². The summed E-state index contributed by atoms with van der Waals surface area (Å²) in [6.45, 7) is 1.94. The van der Waals surface area contributed by atoms with E-state index in [9.17, 15) is 0 Å². The van der Waals surface area contributed by atoms with Crippen molar-refractivity contribution in [1.82, 2.24) is 10.2 Å². The summed E-state index contributed by atoms with van der Waals surface area (Å²) < 4.78 is 0. The van der Waals surface area contributed by atoms with Gasteiger partial charge < -0.3 is 10.2 Å². The molecule has 2 atom stereocenters. The number of nitrogens with one attached hydrogen (secondary N) is 1. The zero-order chi connectivity index (χ0) is 6.27. The van der Waals surface area contributed by atoms with Gasteiger partial charge in [0.15, 0.2) is 6.19 Å². The molecule has 0 spiro atoms. The van der Waals surface area contributed by atoms with E-state index in [-0.39, 0.29) is 0 Å². The summed E-state index contributed by atoms with van der Waals surface area (Å²) in [6, 6.07) is 1.12. The van der Waals surface area contributed by atoms with Crippen molar-refractivity contribution >= 4 is 0 Å². The third-order valence-corrected chi connectivity index (χ3v) is 2.19. The minimum Gasteiger partial charge on any atom is -0.310 e. The molecule has 0 unspecified atom stereocenters. The van der Waals surface area contributed by atoms with Gasteiger partial charge in [-0.3, -0.25) is 0 Å². The number of piperazine rings is 1. The molecule has 9 heavy (non-hydrogen) atoms. The number of hydrogen-bond donors (Lipinski definition) is 1. The first-order valence-corrected chi connectivity index (χ1v) is 3.30. The Kier molecular flexibility index (Phi) is 0.908. The Bertz CT molecular complexity index is 160. The van der Waals surface area contributed by atoms with Crippen LogP contribution in [0.1, 0.15) is 6.42 Å². The third kappa shape index (κ3) is 0.600. The average molecular weight is 123 g/mol. The molecule has 0 aliphatic carbocycles. The van der Waals surface area contributed by atoms with E-state index < -0.39 is 0 Å². The highest BCUT2D eigenvalue weighted by molar-refractivity contribution is 5.01. The largest absolute Gasteiger partial charge is 0.310 e. The molecule has 48 valence electrons. The van der Waals surface area contributed by atoms with Gasteiger partial charge in [0.1, 0.15) is 0 Å². The summed E-state index contributed by atoms with van der Waals surface area (Å²) in [5, 5.41) is 11.9. The molecule has 2 aliphatic heterocycles. The van der Waals surface area contributed by atoms with Crippen LogP contribution in [0, 0.1) is 11.5 Å². The van der Waals surface area contributed by atoms with Crippen LogP contribution in [0.25, 0.3) is 0 Å². The molecule has 3 nitrogen and oxygen atoms in total. The highest BCUT2D eigenvalue weighted by Crippen LogP contribution is 2.21. The Hall–Kier alpha value is -0.750. The smallest absolute Gasteiger partial charge is 0.179 e. The Labute approximate surface area is 54.3 Å². The molecule has 2 fully saturated rings. The fraction of sp³-hybridized carbons (Fsp3) is 0.833. The summed E-state index contributed by atoms with van der Waals surface area (Å²) >= 11 is 0. The van der Waals surface area contributed by atoms with Crippen LogP contribution in [0.5, 0.6) is 0 Å². The number of rotatable bonds is 0. The lowest BCUT2D eigenvalue weighted by Gasteiger charge is -2.20. The Morgan fingerprint density at radius 3 is 2.89 bits per heavy atom. The second-order valence-corrected chi connectivity index (χ2v) is 2.75. The van der Waals surface area contributed by atoms with Crippen LogP contribution in [0.15, 0.2) is 0 Å². The fourth-order valence-corrected chi connectivity index (χ4v) is 1.68. The molecule has 2 aliphatic rings. The maximum atomic E-state index is 8.54. The number of hydrogen-bond acceptors (Lipinski definition) is 3. The lowest BCUT2D eigenvalue weighted by molar-refractivity contribution is 0.323. The van der Waals surface area contributed by atoms with Gasteiger partial charge in [0, 0.05) is 19.1 Å². The minimum absolute atomic E-state index is 0.514. The standard InChI is InChI=1S/C6H9N3/c7-4-9-3-5-1-6(9)2-8-5/h5-6,8H,1-3H2/t5-,6-/m1/s1. The van der Waals surface area contributed by atoms with Gasteiger partial charge in [-0.15, -0.1) is 0 Å². The third-order valence-electron chi connectivity index (χ3n) is 2.19. The maximum Gasteiger partial charge on any atom is 0.179 e. The van der Waals surface area contributed by atoms with Crippen molar-refractivity contribution < 1.29 is 0 Å². The summed E-state index contributed by atoms with van der Waals surface area (Å²) in [6.07, 6.45) is 3.36. The second-order valence-electron chi connectivity index (χ2n) is 2.75. The van der Waals surface area contributed by atoms with Gasteiger partial charge in [0.25, 0.3) is 0 Å². The van der Waals surface area contributed by atoms with E-state index in [0.29, 0.717) is 12.1 Å². The highest BCUT2D eigenvalue weighted by Gasteiger charge is 2.36. The van der Waals surface area contributed by atoms with Crippen LogP contribution in [0.2, 0.25) is 0 Å². The lowest BCUT2D eigenvalue weighted by atomic mass is 10.2. The van der Waals surface area contributed by atoms with Gasteiger partial charge >= 0.3 is 0 Å². The number of nitrogens with zero attached hydrogens (tertiary/aromatic N) is 2. The Morgan fingerprint density at radius 1 is 1.67 bits per heavy atom. The molecule has 0 radical (unpaired) electrons. The van der Waals surface area contributed by atoms with Crippen molar-refractivity contribution in [3.05, 3.63) is 0 Å². The predicted molar refractivity (Wildman–Crippen MR) is 32.5 cm³/mol. The van der Waals surface area contributed by atoms with Crippen molar-refractivity contribution in [1.29, 1.82) is 5.26 Å². The van der Waals surface area contributed by atoms with Gasteiger partial charge in [0.2, 0.25) is 0 Å². The zero-order valence-electron chi connectivity index (χ0n) is 5.17. The molecule has 3 heteroatoms. The summed E-state index contributed by atoms with van der Waals surface area (Å²) in [5.74, 6) is 0. The van der Waals surface area contributed by atoms with Gasteiger partial charge in [-0.05, 0) is 6.42 Å². The summed E-state index contributed by atoms with van der Waals surface area (Å²) in [7, 11) is 0. The van der Waals surface area contributed by atoms with E-state index in [1.54, 1.807) is 0 Å². The molecule has 2 bridgehead atoms. The van der Waals surface area contributed by atoms with Crippen molar-refractivity contribution in [3.63, 3.8) is 0 Å². The van der Waals surface area contributed by atoms with Crippen LogP contribution < -0.4 is 5.32 Å². The van der Waals surface area contributed by atoms with E-state index in [1.165, 1.54) is 6.42 Å². The van der Waals surface area contributed by atoms with Gasteiger partial charge in [-0.25, -0.2) is 0 Å². The monoisotopic (exact) mass is 123 g/mol. The van der Waals surface area contributed by atoms with E-state index in [2.05, 4.69) is 11.5 Å². The van der Waals surface area contributed by atoms with E-state index in [4.69, 9.17) is 5.26 Å². The van der Waals surface area contributed by atoms with Crippen LogP contribution >= 0.6 is 0 Å². The molecule has 0 aromatic heterocycles. The molecule has 2 saturated heterocycles. The maximum absolute atomic E-state index is 8.54. The van der Waals surface area contributed by atoms with Gasteiger partial charge in [-0.2, -0.15) is 5.26 Å². The topological polar surface area (TPSA) is 39.1 Å². The van der Waals surface area contributed by atoms with Crippen molar-refractivity contribution in [3.8, 4) is 6.19 Å². The SMILES string of the molecule is N#CN1C[C@H]2C[C@@H]1CN2. The molecule has 0 aromatic carbocycles. The number of fused-ring (bicyclic) bond motifs is 2. The molecule has 1 N–H and O–H groups in total. The molecule has 2 heterocycles. The molecular weight excluding hydrogens is 114 g/mol. The average Bonchev–Trinajstić information content (AvgIpc) is 2.45. The van der Waals surface area contributed by atoms with Crippen molar-refractivity contribution in [2.45, 2.75) is 18.5 Å². The Balaban J connectivity index is 2.12. The van der Waals surface area contributed by atoms with Crippen LogP contribution in [-0.2, 0) is 0 Å². The molecule has 2 rings (SSSR count). The first-order valence-electron chi connectivity index (χ1n) is 3.30. The number of nitriles is 1. The zero-order valence-corrected chi connectivity index (χ0v) is 5.17. The predicted octanol–water partition coefficient (Wildman–Crippen LogP) is -0.486. The lowest BCUT2D eigenvalue weighted by Crippen LogP contribution is -2.40. The van der Waals surface area contributed by atoms with Crippen LogP contribution in [0.4, 0.5) is 0 Å². The molecule has 0 aromatic rings. The first-order chi connectivity index (χ1) is 4.40. The molecular formula is C6H9N3. The number of likely N-dealkylation sites (tertiary alicyclic amines) is 1. The van der Waals surface area contributed by atoms with Crippen LogP contribution in [-0.4, -0.2) is 30.1 Å². The molecule has 0 amide bonds. The summed E-state index contributed by atoms with van der Waals surface area (Å²) in [5.41, 5.74) is 0. The summed E-state index contributed by atoms with van der Waals surface area (Å²) in [4.78, 5) is 1.88. The van der Waals surface area contributed by atoms with Crippen molar-refractivity contribution in [2.24, 2.45) is 0 Å². The van der Waals surface area contributed by atoms with E-state index in [1.807, 2.05) is 4.90 Å². The quantitative estimate of drug-likeness (QED) is 0.442. The van der Waals surface area contributed by atoms with Gasteiger partial charge in [0.05, 0.1) is 6.04 Å². The second kappa shape index (κ2) is 1.61. The van der Waals surface area contributed by atoms with E-state index >= 15 is 0 Å². The first kappa shape index (κ1) is 5.07. The normalized spacial score (nSPS) is 39.2. The molecule has 0 saturated carbocycles. The fourth-order valence-electron chi connectivity index (χ4n) is 1.68. The Morgan fingerprint density at radius 2 is 2.56 bits per heavy atom. The van der Waals surface area contributed by atoms with E-state index in [0.717, 1.165) is 13.1 Å². The van der Waals surface area contributed by atoms with Crippen LogP contribution in [0.3, 0.4) is 0 Å². The highest BCUT2D eigenvalue weighted by atomic mass is 15.3. The minimum atomic E-state index is 0.514. The van der Waals surface area contributed by atoms with Gasteiger partial charge in [-0.1, -0.05) is 0 Å².